The van der Waals surface area contributed by atoms with Crippen LogP contribution in [0.3, 0.4) is 0 Å². The molecule has 0 radical (unpaired) electrons. The lowest BCUT2D eigenvalue weighted by molar-refractivity contribution is 0.412. The van der Waals surface area contributed by atoms with Gasteiger partial charge in [0.15, 0.2) is 5.16 Å². The van der Waals surface area contributed by atoms with Crippen LogP contribution in [0.1, 0.15) is 44.5 Å². The van der Waals surface area contributed by atoms with E-state index in [4.69, 9.17) is 0 Å². The summed E-state index contributed by atoms with van der Waals surface area (Å²) in [5.74, 6) is 1.57. The van der Waals surface area contributed by atoms with Crippen molar-refractivity contribution in [3.8, 4) is 0 Å². The number of halogens is 1. The summed E-state index contributed by atoms with van der Waals surface area (Å²) in [6.45, 7) is 6.46. The Balaban J connectivity index is 1.73. The smallest absolute Gasteiger partial charge is 0.197 e. The molecule has 26 heavy (non-hydrogen) atoms. The molecular weight excluding hydrogens is 412 g/mol. The van der Waals surface area contributed by atoms with Crippen molar-refractivity contribution in [3.05, 3.63) is 34.8 Å². The minimum absolute atomic E-state index is 0.303. The van der Waals surface area contributed by atoms with E-state index in [1.807, 2.05) is 12.1 Å². The molecule has 0 unspecified atom stereocenters. The minimum atomic E-state index is 0.303. The van der Waals surface area contributed by atoms with Crippen LogP contribution >= 0.6 is 27.7 Å². The van der Waals surface area contributed by atoms with E-state index >= 15 is 0 Å². The van der Waals surface area contributed by atoms with Crippen molar-refractivity contribution in [2.45, 2.75) is 48.8 Å². The van der Waals surface area contributed by atoms with Gasteiger partial charge in [-0.3, -0.25) is 0 Å². The van der Waals surface area contributed by atoms with Gasteiger partial charge in [-0.2, -0.15) is 0 Å². The molecule has 1 aliphatic rings. The molecule has 8 heteroatoms. The third-order valence-corrected chi connectivity index (χ3v) is 6.13. The fraction of sp³-hybridized carbons (Fsp3) is 0.444. The Hall–Kier alpha value is -1.51. The summed E-state index contributed by atoms with van der Waals surface area (Å²) in [4.78, 5) is 8.87. The van der Waals surface area contributed by atoms with Gasteiger partial charge in [0, 0.05) is 21.8 Å². The fourth-order valence-electron chi connectivity index (χ4n) is 3.37. The van der Waals surface area contributed by atoms with Crippen molar-refractivity contribution in [1.82, 2.24) is 30.0 Å². The first-order chi connectivity index (χ1) is 12.6. The lowest BCUT2D eigenvalue weighted by atomic mass is 9.97. The van der Waals surface area contributed by atoms with Crippen LogP contribution in [0, 0.1) is 0 Å². The fourth-order valence-corrected chi connectivity index (χ4v) is 4.77. The number of benzene rings is 1. The average Bonchev–Trinajstić information content (AvgIpc) is 3.07. The first-order valence-corrected chi connectivity index (χ1v) is 10.5. The van der Waals surface area contributed by atoms with Crippen molar-refractivity contribution in [3.63, 3.8) is 0 Å². The molecule has 1 fully saturated rings. The van der Waals surface area contributed by atoms with E-state index in [9.17, 15) is 0 Å². The zero-order valence-corrected chi connectivity index (χ0v) is 17.2. The minimum Gasteiger partial charge on any atom is -0.317 e. The number of nitrogens with zero attached hydrogens (tertiary/aromatic N) is 5. The summed E-state index contributed by atoms with van der Waals surface area (Å²) >= 11 is 5.11. The normalized spacial score (nSPS) is 15.8. The average molecular weight is 433 g/mol. The van der Waals surface area contributed by atoms with Gasteiger partial charge in [0.05, 0.1) is 5.52 Å². The molecule has 0 aliphatic carbocycles. The number of rotatable bonds is 4. The molecule has 2 aromatic heterocycles. The van der Waals surface area contributed by atoms with Crippen LogP contribution in [0.2, 0.25) is 0 Å². The van der Waals surface area contributed by atoms with E-state index in [0.717, 1.165) is 57.3 Å². The standard InChI is InChI=1S/C18H21BrN6S/c1-11(2)25-16(12-5-7-20-8-6-12)23-24-18(25)26-17-14-9-13(19)3-4-15(14)21-10-22-17/h3-4,9-12,20H,5-8H2,1-2H3. The number of aromatic nitrogens is 5. The van der Waals surface area contributed by atoms with E-state index in [1.54, 1.807) is 18.1 Å². The summed E-state index contributed by atoms with van der Waals surface area (Å²) in [5.41, 5.74) is 0.930. The first-order valence-electron chi connectivity index (χ1n) is 8.87. The number of piperidine rings is 1. The van der Waals surface area contributed by atoms with Crippen molar-refractivity contribution >= 4 is 38.6 Å². The van der Waals surface area contributed by atoms with E-state index in [1.165, 1.54) is 0 Å². The van der Waals surface area contributed by atoms with Gasteiger partial charge in [-0.15, -0.1) is 10.2 Å². The van der Waals surface area contributed by atoms with Gasteiger partial charge >= 0.3 is 0 Å². The number of hydrogen-bond acceptors (Lipinski definition) is 6. The molecular formula is C18H21BrN6S. The monoisotopic (exact) mass is 432 g/mol. The zero-order valence-electron chi connectivity index (χ0n) is 14.8. The Labute approximate surface area is 165 Å². The Morgan fingerprint density at radius 3 is 2.77 bits per heavy atom. The molecule has 1 saturated heterocycles. The molecule has 136 valence electrons. The van der Waals surface area contributed by atoms with Gasteiger partial charge in [-0.05, 0) is 69.7 Å². The van der Waals surface area contributed by atoms with E-state index in [2.05, 4.69) is 65.9 Å². The second-order valence-electron chi connectivity index (χ2n) is 6.77. The Bertz CT molecular complexity index is 919. The molecule has 3 heterocycles. The molecule has 6 nitrogen and oxygen atoms in total. The Morgan fingerprint density at radius 2 is 2.00 bits per heavy atom. The third-order valence-electron chi connectivity index (χ3n) is 4.66. The largest absolute Gasteiger partial charge is 0.317 e. The van der Waals surface area contributed by atoms with Crippen LogP contribution in [-0.2, 0) is 0 Å². The molecule has 1 aromatic carbocycles. The van der Waals surface area contributed by atoms with Gasteiger partial charge in [0.1, 0.15) is 17.2 Å². The highest BCUT2D eigenvalue weighted by molar-refractivity contribution is 9.10. The first kappa shape index (κ1) is 17.9. The van der Waals surface area contributed by atoms with Crippen LogP contribution in [0.5, 0.6) is 0 Å². The number of fused-ring (bicyclic) bond motifs is 1. The second-order valence-corrected chi connectivity index (χ2v) is 8.64. The summed E-state index contributed by atoms with van der Waals surface area (Å²) in [5, 5.41) is 15.3. The SMILES string of the molecule is CC(C)n1c(Sc2ncnc3ccc(Br)cc23)nnc1C1CCNCC1. The highest BCUT2D eigenvalue weighted by Gasteiger charge is 2.25. The number of nitrogens with one attached hydrogen (secondary N) is 1. The molecule has 0 amide bonds. The third kappa shape index (κ3) is 3.50. The van der Waals surface area contributed by atoms with Crippen molar-refractivity contribution in [2.75, 3.05) is 13.1 Å². The molecule has 0 saturated carbocycles. The molecule has 1 aliphatic heterocycles. The van der Waals surface area contributed by atoms with Crippen LogP contribution in [-0.4, -0.2) is 37.8 Å². The van der Waals surface area contributed by atoms with Crippen LogP contribution < -0.4 is 5.32 Å². The van der Waals surface area contributed by atoms with Crippen molar-refractivity contribution in [2.24, 2.45) is 0 Å². The number of hydrogen-bond donors (Lipinski definition) is 1. The highest BCUT2D eigenvalue weighted by Crippen LogP contribution is 2.35. The van der Waals surface area contributed by atoms with Crippen molar-refractivity contribution < 1.29 is 0 Å². The maximum absolute atomic E-state index is 4.57. The van der Waals surface area contributed by atoms with Crippen LogP contribution in [0.4, 0.5) is 0 Å². The molecule has 1 N–H and O–H groups in total. The Kier molecular flexibility index (Phi) is 5.24. The van der Waals surface area contributed by atoms with E-state index < -0.39 is 0 Å². The van der Waals surface area contributed by atoms with E-state index in [0.29, 0.717) is 12.0 Å². The highest BCUT2D eigenvalue weighted by atomic mass is 79.9. The molecule has 0 bridgehead atoms. The lowest BCUT2D eigenvalue weighted by Gasteiger charge is -2.24. The maximum atomic E-state index is 4.57. The molecule has 0 atom stereocenters. The molecule has 0 spiro atoms. The van der Waals surface area contributed by atoms with Gasteiger partial charge in [0.2, 0.25) is 0 Å². The maximum Gasteiger partial charge on any atom is 0.197 e. The predicted octanol–water partition coefficient (Wildman–Crippen LogP) is 4.18. The van der Waals surface area contributed by atoms with E-state index in [-0.39, 0.29) is 0 Å². The predicted molar refractivity (Wildman–Crippen MR) is 107 cm³/mol. The lowest BCUT2D eigenvalue weighted by Crippen LogP contribution is -2.28. The summed E-state index contributed by atoms with van der Waals surface area (Å²) in [7, 11) is 0. The molecule has 3 aromatic rings. The quantitative estimate of drug-likeness (QED) is 0.623. The van der Waals surface area contributed by atoms with Crippen LogP contribution in [0.15, 0.2) is 39.2 Å². The van der Waals surface area contributed by atoms with Gasteiger partial charge < -0.3 is 9.88 Å². The second kappa shape index (κ2) is 7.62. The summed E-state index contributed by atoms with van der Waals surface area (Å²) < 4.78 is 3.29. The van der Waals surface area contributed by atoms with Gasteiger partial charge in [-0.25, -0.2) is 9.97 Å². The van der Waals surface area contributed by atoms with Gasteiger partial charge in [0.25, 0.3) is 0 Å². The van der Waals surface area contributed by atoms with Crippen molar-refractivity contribution in [1.29, 1.82) is 0 Å². The van der Waals surface area contributed by atoms with Gasteiger partial charge in [-0.1, -0.05) is 15.9 Å². The zero-order chi connectivity index (χ0) is 18.1. The Morgan fingerprint density at radius 1 is 1.19 bits per heavy atom. The topological polar surface area (TPSA) is 68.5 Å². The van der Waals surface area contributed by atoms with Crippen LogP contribution in [0.25, 0.3) is 10.9 Å². The summed E-state index contributed by atoms with van der Waals surface area (Å²) in [6, 6.07) is 6.35. The summed E-state index contributed by atoms with van der Waals surface area (Å²) in [6.07, 6.45) is 3.83. The molecule has 4 rings (SSSR count).